The minimum atomic E-state index is -0.916. The van der Waals surface area contributed by atoms with Crippen LogP contribution < -0.4 is 5.32 Å². The molecule has 0 saturated heterocycles. The molecule has 0 aliphatic heterocycles. The number of carboxylic acids is 1. The Labute approximate surface area is 57.5 Å². The summed E-state index contributed by atoms with van der Waals surface area (Å²) >= 11 is 0. The molecule has 0 atom stereocenters. The van der Waals surface area contributed by atoms with Crippen molar-refractivity contribution < 1.29 is 9.90 Å². The Morgan fingerprint density at radius 2 is 2.50 bits per heavy atom. The van der Waals surface area contributed by atoms with Crippen LogP contribution in [0.15, 0.2) is 5.11 Å². The van der Waals surface area contributed by atoms with Crippen LogP contribution >= 0.6 is 0 Å². The van der Waals surface area contributed by atoms with E-state index in [9.17, 15) is 4.79 Å². The Morgan fingerprint density at radius 1 is 1.80 bits per heavy atom. The van der Waals surface area contributed by atoms with Gasteiger partial charge in [-0.2, -0.15) is 0 Å². The van der Waals surface area contributed by atoms with Gasteiger partial charge in [0.25, 0.3) is 0 Å². The van der Waals surface area contributed by atoms with E-state index in [4.69, 9.17) is 10.6 Å². The minimum absolute atomic E-state index is 0.0963. The van der Waals surface area contributed by atoms with Gasteiger partial charge in [-0.25, -0.2) is 0 Å². The van der Waals surface area contributed by atoms with Crippen molar-refractivity contribution in [2.75, 3.05) is 19.6 Å². The van der Waals surface area contributed by atoms with E-state index < -0.39 is 5.97 Å². The first-order valence-corrected chi connectivity index (χ1v) is 2.70. The van der Waals surface area contributed by atoms with Crippen molar-refractivity contribution in [2.24, 2.45) is 5.11 Å². The summed E-state index contributed by atoms with van der Waals surface area (Å²) in [5.74, 6) is -0.916. The molecule has 10 heavy (non-hydrogen) atoms. The minimum Gasteiger partial charge on any atom is -0.480 e. The van der Waals surface area contributed by atoms with Crippen LogP contribution in [0.1, 0.15) is 0 Å². The van der Waals surface area contributed by atoms with Gasteiger partial charge >= 0.3 is 5.97 Å². The molecule has 56 valence electrons. The second-order valence-electron chi connectivity index (χ2n) is 1.52. The van der Waals surface area contributed by atoms with Gasteiger partial charge in [0, 0.05) is 18.0 Å². The Bertz CT molecular complexity index is 147. The second kappa shape index (κ2) is 5.87. The zero-order valence-electron chi connectivity index (χ0n) is 5.32. The fourth-order valence-corrected chi connectivity index (χ4v) is 0.369. The van der Waals surface area contributed by atoms with E-state index in [-0.39, 0.29) is 13.1 Å². The maximum absolute atomic E-state index is 9.87. The molecule has 0 saturated carbocycles. The van der Waals surface area contributed by atoms with E-state index in [1.165, 1.54) is 0 Å². The molecule has 6 nitrogen and oxygen atoms in total. The summed E-state index contributed by atoms with van der Waals surface area (Å²) in [6.07, 6.45) is 0. The van der Waals surface area contributed by atoms with Crippen LogP contribution in [-0.4, -0.2) is 30.7 Å². The summed E-state index contributed by atoms with van der Waals surface area (Å²) in [7, 11) is 0. The standard InChI is InChI=1S/C4H8N4O2/c5-8-7-2-1-6-3-4(9)10/h6H,1-3H2,(H,9,10). The van der Waals surface area contributed by atoms with Crippen LogP contribution in [0.25, 0.3) is 10.4 Å². The second-order valence-corrected chi connectivity index (χ2v) is 1.52. The van der Waals surface area contributed by atoms with E-state index in [0.29, 0.717) is 6.54 Å². The molecule has 6 heteroatoms. The Hall–Kier alpha value is -1.26. The van der Waals surface area contributed by atoms with Gasteiger partial charge in [0.2, 0.25) is 0 Å². The predicted molar refractivity (Wildman–Crippen MR) is 34.5 cm³/mol. The SMILES string of the molecule is [N-]=[N+]=NCCNCC(=O)O. The van der Waals surface area contributed by atoms with Gasteiger partial charge in [-0.05, 0) is 5.53 Å². The largest absolute Gasteiger partial charge is 0.480 e. The number of carboxylic acid groups (broad SMARTS) is 1. The first kappa shape index (κ1) is 8.74. The van der Waals surface area contributed by atoms with E-state index >= 15 is 0 Å². The average molecular weight is 144 g/mol. The van der Waals surface area contributed by atoms with Gasteiger partial charge in [-0.3, -0.25) is 4.79 Å². The van der Waals surface area contributed by atoms with Crippen molar-refractivity contribution in [3.63, 3.8) is 0 Å². The molecular formula is C4H8N4O2. The molecule has 0 unspecified atom stereocenters. The molecule has 0 amide bonds. The summed E-state index contributed by atoms with van der Waals surface area (Å²) in [6.45, 7) is 0.584. The Balaban J connectivity index is 3.05. The lowest BCUT2D eigenvalue weighted by Gasteiger charge is -1.94. The molecule has 2 N–H and O–H groups in total. The topological polar surface area (TPSA) is 98.1 Å². The lowest BCUT2D eigenvalue weighted by atomic mass is 10.6. The van der Waals surface area contributed by atoms with Crippen LogP contribution in [0, 0.1) is 0 Å². The van der Waals surface area contributed by atoms with E-state index in [2.05, 4.69) is 15.3 Å². The summed E-state index contributed by atoms with van der Waals surface area (Å²) in [5, 5.41) is 13.9. The molecular weight excluding hydrogens is 136 g/mol. The number of hydrogen-bond donors (Lipinski definition) is 2. The number of nitrogens with zero attached hydrogens (tertiary/aromatic N) is 3. The first-order chi connectivity index (χ1) is 4.77. The smallest absolute Gasteiger partial charge is 0.317 e. The maximum atomic E-state index is 9.87. The summed E-state index contributed by atoms with van der Waals surface area (Å²) < 4.78 is 0. The molecule has 0 aromatic heterocycles. The molecule has 0 bridgehead atoms. The third kappa shape index (κ3) is 6.74. The number of aliphatic carboxylic acids is 1. The van der Waals surface area contributed by atoms with Crippen molar-refractivity contribution >= 4 is 5.97 Å². The molecule has 0 aliphatic rings. The van der Waals surface area contributed by atoms with Crippen molar-refractivity contribution in [1.82, 2.24) is 5.32 Å². The lowest BCUT2D eigenvalue weighted by molar-refractivity contribution is -0.135. The molecule has 0 aliphatic carbocycles. The highest BCUT2D eigenvalue weighted by atomic mass is 16.4. The third-order valence-electron chi connectivity index (χ3n) is 0.728. The zero-order valence-corrected chi connectivity index (χ0v) is 5.32. The normalized spacial score (nSPS) is 8.40. The molecule has 0 aromatic carbocycles. The van der Waals surface area contributed by atoms with Gasteiger partial charge in [-0.1, -0.05) is 5.11 Å². The van der Waals surface area contributed by atoms with Gasteiger partial charge in [-0.15, -0.1) is 0 Å². The number of rotatable bonds is 5. The van der Waals surface area contributed by atoms with Crippen LogP contribution in [-0.2, 0) is 4.79 Å². The number of carbonyl (C=O) groups is 1. The molecule has 0 aromatic rings. The molecule has 0 heterocycles. The number of azide groups is 1. The number of hydrogen-bond acceptors (Lipinski definition) is 3. The van der Waals surface area contributed by atoms with Gasteiger partial charge in [0.05, 0.1) is 6.54 Å². The maximum Gasteiger partial charge on any atom is 0.317 e. The van der Waals surface area contributed by atoms with E-state index in [1.54, 1.807) is 0 Å². The fourth-order valence-electron chi connectivity index (χ4n) is 0.369. The monoisotopic (exact) mass is 144 g/mol. The van der Waals surface area contributed by atoms with Gasteiger partial charge < -0.3 is 10.4 Å². The summed E-state index contributed by atoms with van der Waals surface area (Å²) in [5.41, 5.74) is 7.79. The molecule has 0 rings (SSSR count). The average Bonchev–Trinajstić information content (AvgIpc) is 1.87. The van der Waals surface area contributed by atoms with Crippen LogP contribution in [0.5, 0.6) is 0 Å². The highest BCUT2D eigenvalue weighted by Gasteiger charge is 1.91. The highest BCUT2D eigenvalue weighted by Crippen LogP contribution is 1.67. The van der Waals surface area contributed by atoms with Crippen LogP contribution in [0.4, 0.5) is 0 Å². The van der Waals surface area contributed by atoms with Gasteiger partial charge in [0.1, 0.15) is 0 Å². The highest BCUT2D eigenvalue weighted by molar-refractivity contribution is 5.68. The van der Waals surface area contributed by atoms with E-state index in [0.717, 1.165) is 0 Å². The van der Waals surface area contributed by atoms with Crippen molar-refractivity contribution in [2.45, 2.75) is 0 Å². The van der Waals surface area contributed by atoms with Crippen LogP contribution in [0.2, 0.25) is 0 Å². The third-order valence-corrected chi connectivity index (χ3v) is 0.728. The Morgan fingerprint density at radius 3 is 3.00 bits per heavy atom. The molecule has 0 fully saturated rings. The van der Waals surface area contributed by atoms with Gasteiger partial charge in [0.15, 0.2) is 0 Å². The summed E-state index contributed by atoms with van der Waals surface area (Å²) in [6, 6.07) is 0. The van der Waals surface area contributed by atoms with Crippen LogP contribution in [0.3, 0.4) is 0 Å². The molecule has 0 radical (unpaired) electrons. The quantitative estimate of drug-likeness (QED) is 0.245. The predicted octanol–water partition coefficient (Wildman–Crippen LogP) is -0.0291. The Kier molecular flexibility index (Phi) is 5.13. The zero-order chi connectivity index (χ0) is 7.82. The number of nitrogens with one attached hydrogen (secondary N) is 1. The fraction of sp³-hybridized carbons (Fsp3) is 0.750. The van der Waals surface area contributed by atoms with Crippen molar-refractivity contribution in [3.05, 3.63) is 10.4 Å². The lowest BCUT2D eigenvalue weighted by Crippen LogP contribution is -2.24. The van der Waals surface area contributed by atoms with Crippen molar-refractivity contribution in [3.8, 4) is 0 Å². The first-order valence-electron chi connectivity index (χ1n) is 2.70. The summed E-state index contributed by atoms with van der Waals surface area (Å²) in [4.78, 5) is 12.4. The van der Waals surface area contributed by atoms with E-state index in [1.807, 2.05) is 0 Å². The molecule has 0 spiro atoms. The van der Waals surface area contributed by atoms with Crippen molar-refractivity contribution in [1.29, 1.82) is 0 Å².